The molecule has 8 aromatic carbocycles. The molecule has 55 heavy (non-hydrogen) atoms. The van der Waals surface area contributed by atoms with Crippen molar-refractivity contribution >= 4 is 54.6 Å². The number of fused-ring (bicyclic) bond motifs is 7. The third kappa shape index (κ3) is 5.59. The van der Waals surface area contributed by atoms with Crippen molar-refractivity contribution in [2.75, 3.05) is 0 Å². The maximum absolute atomic E-state index is 6.56. The maximum Gasteiger partial charge on any atom is 2.00 e. The Hall–Kier alpha value is -6.25. The summed E-state index contributed by atoms with van der Waals surface area (Å²) in [6, 6.07) is 68.0. The largest absolute Gasteiger partial charge is 2.00 e. The average molecular weight is 926 g/mol. The molecule has 0 amide bonds. The predicted octanol–water partition coefficient (Wildman–Crippen LogP) is 12.9. The Morgan fingerprint density at radius 1 is 0.509 bits per heavy atom. The molecule has 11 rings (SSSR count). The van der Waals surface area contributed by atoms with Crippen LogP contribution in [0.2, 0.25) is 0 Å². The van der Waals surface area contributed by atoms with Gasteiger partial charge in [0, 0.05) is 27.4 Å². The van der Waals surface area contributed by atoms with Crippen molar-refractivity contribution in [3.8, 4) is 50.6 Å². The number of para-hydroxylation sites is 1. The first-order valence-corrected chi connectivity index (χ1v) is 18.1. The molecule has 0 aliphatic heterocycles. The molecule has 3 heterocycles. The van der Waals surface area contributed by atoms with Gasteiger partial charge in [-0.05, 0) is 70.4 Å². The van der Waals surface area contributed by atoms with Gasteiger partial charge in [0.25, 0.3) is 0 Å². The zero-order valence-corrected chi connectivity index (χ0v) is 33.7. The van der Waals surface area contributed by atoms with E-state index in [-0.39, 0.29) is 31.1 Å². The third-order valence-corrected chi connectivity index (χ3v) is 10.4. The zero-order chi connectivity index (χ0) is 35.6. The second-order valence-electron chi connectivity index (χ2n) is 13.6. The van der Waals surface area contributed by atoms with Crippen LogP contribution in [0.3, 0.4) is 0 Å². The van der Waals surface area contributed by atoms with Gasteiger partial charge < -0.3 is 8.98 Å². The van der Waals surface area contributed by atoms with E-state index in [4.69, 9.17) is 14.4 Å². The van der Waals surface area contributed by atoms with Gasteiger partial charge in [-0.3, -0.25) is 0 Å². The standard InChI is InChI=1S/C50H29N3O.U/c1-4-14-32(15-5-1)39-22-12-13-23-40(39)49-51-48(33-16-6-2-7-17-33)47-43-30-37(25-27-46(43)54-50(47)52-49)36-24-26-44-41(29-36)42-28-34-18-10-11-19-35(34)31-45(42)53(44)38-20-8-3-9-21-38;/h1-14,16-21,23-31H;/q-2;+2. The van der Waals surface area contributed by atoms with Crippen LogP contribution in [-0.4, -0.2) is 14.5 Å². The number of nitrogens with zero attached hydrogens (tertiary/aromatic N) is 3. The summed E-state index contributed by atoms with van der Waals surface area (Å²) in [5.74, 6) is 0.581. The van der Waals surface area contributed by atoms with Gasteiger partial charge in [-0.2, -0.15) is 36.4 Å². The molecule has 0 aliphatic rings. The minimum absolute atomic E-state index is 0. The quantitative estimate of drug-likeness (QED) is 0.162. The van der Waals surface area contributed by atoms with Gasteiger partial charge in [-0.25, -0.2) is 21.1 Å². The normalized spacial score (nSPS) is 11.5. The first-order valence-electron chi connectivity index (χ1n) is 18.1. The summed E-state index contributed by atoms with van der Waals surface area (Å²) >= 11 is 0. The zero-order valence-electron chi connectivity index (χ0n) is 29.5. The molecule has 254 valence electrons. The van der Waals surface area contributed by atoms with Crippen molar-refractivity contribution in [2.45, 2.75) is 0 Å². The van der Waals surface area contributed by atoms with Gasteiger partial charge in [-0.1, -0.05) is 84.9 Å². The van der Waals surface area contributed by atoms with Crippen LogP contribution < -0.4 is 0 Å². The van der Waals surface area contributed by atoms with E-state index < -0.39 is 0 Å². The molecule has 0 fully saturated rings. The summed E-state index contributed by atoms with van der Waals surface area (Å²) < 4.78 is 8.94. The van der Waals surface area contributed by atoms with Crippen LogP contribution in [0, 0.1) is 43.2 Å². The monoisotopic (exact) mass is 925 g/mol. The van der Waals surface area contributed by atoms with E-state index in [2.05, 4.69) is 132 Å². The molecule has 5 heteroatoms. The predicted molar refractivity (Wildman–Crippen MR) is 221 cm³/mol. The Kier molecular flexibility index (Phi) is 8.21. The van der Waals surface area contributed by atoms with Crippen molar-refractivity contribution in [2.24, 2.45) is 0 Å². The first-order chi connectivity index (χ1) is 26.8. The minimum atomic E-state index is 0. The number of benzene rings is 8. The van der Waals surface area contributed by atoms with E-state index in [1.807, 2.05) is 60.7 Å². The molecule has 0 N–H and O–H groups in total. The smallest absolute Gasteiger partial charge is 0.438 e. The van der Waals surface area contributed by atoms with E-state index >= 15 is 0 Å². The Labute approximate surface area is 341 Å². The van der Waals surface area contributed by atoms with Gasteiger partial charge in [0.2, 0.25) is 5.71 Å². The third-order valence-electron chi connectivity index (χ3n) is 10.4. The molecule has 4 nitrogen and oxygen atoms in total. The average Bonchev–Trinajstić information content (AvgIpc) is 3.77. The van der Waals surface area contributed by atoms with Crippen molar-refractivity contribution in [1.29, 1.82) is 0 Å². The summed E-state index contributed by atoms with van der Waals surface area (Å²) in [5, 5.41) is 6.75. The fourth-order valence-electron chi connectivity index (χ4n) is 7.92. The summed E-state index contributed by atoms with van der Waals surface area (Å²) in [5.41, 5.74) is 11.6. The fourth-order valence-corrected chi connectivity index (χ4v) is 7.92. The first kappa shape index (κ1) is 33.3. The van der Waals surface area contributed by atoms with Gasteiger partial charge in [0.1, 0.15) is 11.4 Å². The van der Waals surface area contributed by atoms with Crippen LogP contribution in [0.1, 0.15) is 0 Å². The van der Waals surface area contributed by atoms with E-state index in [0.29, 0.717) is 11.5 Å². The molecule has 3 aromatic heterocycles. The Balaban J connectivity index is 0.00000372. The molecular weight excluding hydrogens is 897 g/mol. The number of aromatic nitrogens is 3. The van der Waals surface area contributed by atoms with Crippen molar-refractivity contribution in [3.63, 3.8) is 0 Å². The van der Waals surface area contributed by atoms with Gasteiger partial charge >= 0.3 is 31.1 Å². The number of furan rings is 1. The van der Waals surface area contributed by atoms with Crippen LogP contribution >= 0.6 is 0 Å². The van der Waals surface area contributed by atoms with Gasteiger partial charge in [-0.15, -0.1) is 23.8 Å². The molecule has 0 unspecified atom stereocenters. The molecule has 0 saturated carbocycles. The van der Waals surface area contributed by atoms with Crippen molar-refractivity contribution < 1.29 is 35.5 Å². The number of hydrogen-bond acceptors (Lipinski definition) is 3. The fraction of sp³-hybridized carbons (Fsp3) is 0. The second-order valence-corrected chi connectivity index (χ2v) is 13.6. The molecule has 11 aromatic rings. The summed E-state index contributed by atoms with van der Waals surface area (Å²) in [7, 11) is 0. The number of hydrogen-bond donors (Lipinski definition) is 0. The van der Waals surface area contributed by atoms with E-state index in [1.54, 1.807) is 0 Å². The Bertz CT molecular complexity index is 3210. The summed E-state index contributed by atoms with van der Waals surface area (Å²) in [6.45, 7) is 0. The van der Waals surface area contributed by atoms with Crippen molar-refractivity contribution in [1.82, 2.24) is 14.5 Å². The van der Waals surface area contributed by atoms with Crippen LogP contribution in [0.15, 0.2) is 180 Å². The van der Waals surface area contributed by atoms with E-state index in [1.165, 1.54) is 32.6 Å². The SMILES string of the molecule is [U+2].[c-]1ccccc1-c1[c-]cccc1-c1nc(-c2ccccc2)c2c(n1)oc1ccc(-c3ccc4c(c3)c3cc5ccccc5cc3n4-c3ccccc3)cc12. The summed E-state index contributed by atoms with van der Waals surface area (Å²) in [4.78, 5) is 10.4. The van der Waals surface area contributed by atoms with Crippen LogP contribution in [0.5, 0.6) is 0 Å². The Morgan fingerprint density at radius 3 is 2.00 bits per heavy atom. The molecule has 0 bridgehead atoms. The van der Waals surface area contributed by atoms with E-state index in [9.17, 15) is 0 Å². The molecular formula is C50H29N3OU. The molecule has 0 spiro atoms. The number of rotatable bonds is 5. The molecule has 0 atom stereocenters. The van der Waals surface area contributed by atoms with Crippen LogP contribution in [-0.2, 0) is 0 Å². The van der Waals surface area contributed by atoms with Crippen molar-refractivity contribution in [3.05, 3.63) is 188 Å². The summed E-state index contributed by atoms with van der Waals surface area (Å²) in [6.07, 6.45) is 0. The van der Waals surface area contributed by atoms with E-state index in [0.717, 1.165) is 61.1 Å². The second kappa shape index (κ2) is 13.6. The molecule has 0 saturated heterocycles. The van der Waals surface area contributed by atoms with Crippen LogP contribution in [0.4, 0.5) is 0 Å². The Morgan fingerprint density at radius 2 is 1.20 bits per heavy atom. The van der Waals surface area contributed by atoms with Crippen LogP contribution in [0.25, 0.3) is 105 Å². The molecule has 0 radical (unpaired) electrons. The van der Waals surface area contributed by atoms with Gasteiger partial charge in [0.05, 0.1) is 22.1 Å². The molecule has 0 aliphatic carbocycles. The van der Waals surface area contributed by atoms with Gasteiger partial charge in [0.15, 0.2) is 0 Å². The minimum Gasteiger partial charge on any atom is -0.438 e. The topological polar surface area (TPSA) is 43.9 Å². The maximum atomic E-state index is 6.56.